The van der Waals surface area contributed by atoms with Gasteiger partial charge in [0.05, 0.1) is 26.4 Å². The summed E-state index contributed by atoms with van der Waals surface area (Å²) in [5, 5.41) is 3.06. The van der Waals surface area contributed by atoms with Crippen molar-refractivity contribution in [2.24, 2.45) is 0 Å². The highest BCUT2D eigenvalue weighted by Crippen LogP contribution is 2.39. The van der Waals surface area contributed by atoms with Crippen LogP contribution in [0.3, 0.4) is 0 Å². The summed E-state index contributed by atoms with van der Waals surface area (Å²) in [6.45, 7) is 1.53. The van der Waals surface area contributed by atoms with Crippen LogP contribution < -0.4 is 14.8 Å². The number of rotatable bonds is 3. The van der Waals surface area contributed by atoms with Crippen LogP contribution in [0.15, 0.2) is 6.07 Å². The minimum Gasteiger partial charge on any atom is -0.493 e. The minimum atomic E-state index is -0.975. The number of ether oxygens (including phenoxy) is 3. The van der Waals surface area contributed by atoms with E-state index in [4.69, 9.17) is 14.2 Å². The van der Waals surface area contributed by atoms with Crippen molar-refractivity contribution in [1.82, 2.24) is 5.32 Å². The Balaban J connectivity index is 2.51. The average molecular weight is 259 g/mol. The standard InChI is InChI=1S/C12H15F2NO3/c1-16-8-5-7(13)11(14)10(12(8)17-2)9-6-15-3-4-18-9/h5,9,15H,3-4,6H2,1-2H3. The summed E-state index contributed by atoms with van der Waals surface area (Å²) in [4.78, 5) is 0. The van der Waals surface area contributed by atoms with Crippen LogP contribution in [0.4, 0.5) is 8.78 Å². The lowest BCUT2D eigenvalue weighted by molar-refractivity contribution is 0.0233. The van der Waals surface area contributed by atoms with Gasteiger partial charge in [-0.05, 0) is 0 Å². The third-order valence-electron chi connectivity index (χ3n) is 2.85. The SMILES string of the molecule is COc1cc(F)c(F)c(C2CNCCO2)c1OC. The molecule has 0 radical (unpaired) electrons. The Morgan fingerprint density at radius 2 is 2.11 bits per heavy atom. The first-order valence-corrected chi connectivity index (χ1v) is 5.61. The van der Waals surface area contributed by atoms with Crippen molar-refractivity contribution in [3.63, 3.8) is 0 Å². The van der Waals surface area contributed by atoms with Crippen molar-refractivity contribution in [2.75, 3.05) is 33.9 Å². The van der Waals surface area contributed by atoms with Gasteiger partial charge in [-0.3, -0.25) is 0 Å². The van der Waals surface area contributed by atoms with Crippen molar-refractivity contribution in [2.45, 2.75) is 6.10 Å². The zero-order valence-corrected chi connectivity index (χ0v) is 10.3. The summed E-state index contributed by atoms with van der Waals surface area (Å²) >= 11 is 0. The molecular weight excluding hydrogens is 244 g/mol. The molecule has 0 spiro atoms. The summed E-state index contributed by atoms with van der Waals surface area (Å²) < 4.78 is 43.0. The zero-order chi connectivity index (χ0) is 13.1. The predicted octanol–water partition coefficient (Wildman–Crippen LogP) is 1.64. The molecule has 0 aromatic heterocycles. The van der Waals surface area contributed by atoms with Gasteiger partial charge >= 0.3 is 0 Å². The van der Waals surface area contributed by atoms with Crippen molar-refractivity contribution in [3.8, 4) is 11.5 Å². The van der Waals surface area contributed by atoms with Crippen molar-refractivity contribution in [1.29, 1.82) is 0 Å². The summed E-state index contributed by atoms with van der Waals surface area (Å²) in [5.41, 5.74) is 0.0570. The molecule has 1 heterocycles. The van der Waals surface area contributed by atoms with Gasteiger partial charge < -0.3 is 19.5 Å². The Bertz CT molecular complexity index is 434. The van der Waals surface area contributed by atoms with Crippen LogP contribution in [0.2, 0.25) is 0 Å². The molecule has 0 bridgehead atoms. The molecule has 1 aromatic carbocycles. The number of morpholine rings is 1. The molecule has 1 atom stereocenters. The largest absolute Gasteiger partial charge is 0.493 e. The van der Waals surface area contributed by atoms with Gasteiger partial charge in [0.2, 0.25) is 0 Å². The lowest BCUT2D eigenvalue weighted by atomic mass is 10.0. The number of hydrogen-bond donors (Lipinski definition) is 1. The lowest BCUT2D eigenvalue weighted by Crippen LogP contribution is -2.34. The van der Waals surface area contributed by atoms with Crippen LogP contribution in [0.25, 0.3) is 0 Å². The molecule has 0 amide bonds. The maximum Gasteiger partial charge on any atom is 0.169 e. The Hall–Kier alpha value is -1.40. The molecule has 1 aromatic rings. The summed E-state index contributed by atoms with van der Waals surface area (Å²) in [7, 11) is 2.76. The predicted molar refractivity (Wildman–Crippen MR) is 61.0 cm³/mol. The van der Waals surface area contributed by atoms with E-state index in [0.29, 0.717) is 19.7 Å². The molecule has 4 nitrogen and oxygen atoms in total. The molecule has 0 saturated carbocycles. The van der Waals surface area contributed by atoms with Crippen LogP contribution in [0.5, 0.6) is 11.5 Å². The van der Waals surface area contributed by atoms with E-state index in [9.17, 15) is 8.78 Å². The van der Waals surface area contributed by atoms with Gasteiger partial charge in [0, 0.05) is 19.2 Å². The normalized spacial score (nSPS) is 19.7. The van der Waals surface area contributed by atoms with Crippen LogP contribution >= 0.6 is 0 Å². The van der Waals surface area contributed by atoms with Gasteiger partial charge in [0.25, 0.3) is 0 Å². The molecule has 1 unspecified atom stereocenters. The molecule has 1 aliphatic rings. The molecule has 1 N–H and O–H groups in total. The lowest BCUT2D eigenvalue weighted by Gasteiger charge is -2.26. The molecule has 1 fully saturated rings. The summed E-state index contributed by atoms with van der Waals surface area (Å²) in [5.74, 6) is -1.61. The number of benzene rings is 1. The van der Waals surface area contributed by atoms with E-state index in [1.54, 1.807) is 0 Å². The second-order valence-corrected chi connectivity index (χ2v) is 3.89. The highest BCUT2D eigenvalue weighted by Gasteiger charge is 2.28. The van der Waals surface area contributed by atoms with Crippen molar-refractivity contribution >= 4 is 0 Å². The second-order valence-electron chi connectivity index (χ2n) is 3.89. The monoisotopic (exact) mass is 259 g/mol. The fraction of sp³-hybridized carbons (Fsp3) is 0.500. The molecular formula is C12H15F2NO3. The van der Waals surface area contributed by atoms with Gasteiger partial charge in [0.15, 0.2) is 23.1 Å². The summed E-state index contributed by atoms with van der Waals surface area (Å²) in [6.07, 6.45) is -0.585. The van der Waals surface area contributed by atoms with Crippen LogP contribution in [0.1, 0.15) is 11.7 Å². The van der Waals surface area contributed by atoms with Crippen molar-refractivity contribution in [3.05, 3.63) is 23.3 Å². The average Bonchev–Trinajstić information content (AvgIpc) is 2.42. The van der Waals surface area contributed by atoms with E-state index in [0.717, 1.165) is 6.07 Å². The fourth-order valence-electron chi connectivity index (χ4n) is 2.01. The fourth-order valence-corrected chi connectivity index (χ4v) is 2.01. The third-order valence-corrected chi connectivity index (χ3v) is 2.85. The zero-order valence-electron chi connectivity index (χ0n) is 10.3. The molecule has 2 rings (SSSR count). The first-order chi connectivity index (χ1) is 8.69. The van der Waals surface area contributed by atoms with Gasteiger partial charge in [-0.1, -0.05) is 0 Å². The quantitative estimate of drug-likeness (QED) is 0.896. The molecule has 1 saturated heterocycles. The van der Waals surface area contributed by atoms with E-state index < -0.39 is 17.7 Å². The van der Waals surface area contributed by atoms with Gasteiger partial charge in [0.1, 0.15) is 6.10 Å². The molecule has 1 aliphatic heterocycles. The van der Waals surface area contributed by atoms with E-state index in [1.807, 2.05) is 0 Å². The highest BCUT2D eigenvalue weighted by molar-refractivity contribution is 5.49. The van der Waals surface area contributed by atoms with E-state index in [1.165, 1.54) is 14.2 Å². The molecule has 18 heavy (non-hydrogen) atoms. The first-order valence-electron chi connectivity index (χ1n) is 5.61. The smallest absolute Gasteiger partial charge is 0.169 e. The minimum absolute atomic E-state index is 0.0570. The van der Waals surface area contributed by atoms with Crippen LogP contribution in [0, 0.1) is 11.6 Å². The maximum absolute atomic E-state index is 13.9. The van der Waals surface area contributed by atoms with E-state index in [2.05, 4.69) is 5.32 Å². The topological polar surface area (TPSA) is 39.7 Å². The van der Waals surface area contributed by atoms with Crippen molar-refractivity contribution < 1.29 is 23.0 Å². The number of halogens is 2. The van der Waals surface area contributed by atoms with Gasteiger partial charge in [-0.2, -0.15) is 0 Å². The molecule has 100 valence electrons. The maximum atomic E-state index is 13.9. The van der Waals surface area contributed by atoms with Gasteiger partial charge in [-0.25, -0.2) is 8.78 Å². The molecule has 0 aliphatic carbocycles. The Morgan fingerprint density at radius 3 is 2.67 bits per heavy atom. The number of hydrogen-bond acceptors (Lipinski definition) is 4. The highest BCUT2D eigenvalue weighted by atomic mass is 19.2. The molecule has 6 heteroatoms. The number of nitrogens with one attached hydrogen (secondary N) is 1. The van der Waals surface area contributed by atoms with Crippen LogP contribution in [-0.2, 0) is 4.74 Å². The Labute approximate surface area is 104 Å². The van der Waals surface area contributed by atoms with E-state index >= 15 is 0 Å². The Morgan fingerprint density at radius 1 is 1.33 bits per heavy atom. The first kappa shape index (κ1) is 13.0. The second kappa shape index (κ2) is 5.49. The van der Waals surface area contributed by atoms with E-state index in [-0.39, 0.29) is 17.1 Å². The Kier molecular flexibility index (Phi) is 3.98. The van der Waals surface area contributed by atoms with Crippen LogP contribution in [-0.4, -0.2) is 33.9 Å². The summed E-state index contributed by atoms with van der Waals surface area (Å²) in [6, 6.07) is 0.966. The van der Waals surface area contributed by atoms with Gasteiger partial charge in [-0.15, -0.1) is 0 Å². The third kappa shape index (κ3) is 2.26. The number of methoxy groups -OCH3 is 2.